The van der Waals surface area contributed by atoms with Crippen LogP contribution in [0.15, 0.2) is 4.99 Å². The Morgan fingerprint density at radius 2 is 1.64 bits per heavy atom. The van der Waals surface area contributed by atoms with E-state index in [1.807, 2.05) is 0 Å². The van der Waals surface area contributed by atoms with Crippen LogP contribution in [-0.2, 0) is 0 Å². The Labute approximate surface area is 88.0 Å². The summed E-state index contributed by atoms with van der Waals surface area (Å²) >= 11 is 0. The Morgan fingerprint density at radius 3 is 1.93 bits per heavy atom. The molecular formula is C11H25N3. The first-order valence-electron chi connectivity index (χ1n) is 5.26. The zero-order valence-electron chi connectivity index (χ0n) is 10.4. The first-order valence-corrected chi connectivity index (χ1v) is 5.26. The molecule has 0 aromatic rings. The number of nitrogens with zero attached hydrogens (tertiary/aromatic N) is 1. The second-order valence-corrected chi connectivity index (χ2v) is 5.13. The summed E-state index contributed by atoms with van der Waals surface area (Å²) < 4.78 is 0. The summed E-state index contributed by atoms with van der Waals surface area (Å²) in [6.07, 6.45) is 1.14. The predicted molar refractivity (Wildman–Crippen MR) is 63.1 cm³/mol. The standard InChI is InChI=1S/C11H25N3/c1-7-8(2)10(3,4)11(5,6)14-9(12)13/h8H,7H2,1-6H3,(H4,12,13,14). The van der Waals surface area contributed by atoms with Gasteiger partial charge in [0, 0.05) is 0 Å². The average Bonchev–Trinajstić information content (AvgIpc) is 2.00. The summed E-state index contributed by atoms with van der Waals surface area (Å²) in [5, 5.41) is 0. The molecule has 3 heteroatoms. The van der Waals surface area contributed by atoms with Crippen LogP contribution in [0, 0.1) is 11.3 Å². The summed E-state index contributed by atoms with van der Waals surface area (Å²) in [7, 11) is 0. The zero-order valence-corrected chi connectivity index (χ0v) is 10.4. The minimum absolute atomic E-state index is 0.0890. The molecule has 1 unspecified atom stereocenters. The van der Waals surface area contributed by atoms with Crippen LogP contribution in [-0.4, -0.2) is 11.5 Å². The van der Waals surface area contributed by atoms with Crippen LogP contribution >= 0.6 is 0 Å². The fourth-order valence-corrected chi connectivity index (χ4v) is 1.58. The van der Waals surface area contributed by atoms with Crippen molar-refractivity contribution in [1.82, 2.24) is 0 Å². The van der Waals surface area contributed by atoms with E-state index in [0.29, 0.717) is 5.92 Å². The van der Waals surface area contributed by atoms with Crippen LogP contribution in [0.3, 0.4) is 0 Å². The van der Waals surface area contributed by atoms with E-state index in [4.69, 9.17) is 11.5 Å². The average molecular weight is 199 g/mol. The van der Waals surface area contributed by atoms with Gasteiger partial charge < -0.3 is 11.5 Å². The molecular weight excluding hydrogens is 174 g/mol. The molecule has 0 rings (SSSR count). The van der Waals surface area contributed by atoms with Crippen molar-refractivity contribution in [2.24, 2.45) is 27.8 Å². The lowest BCUT2D eigenvalue weighted by Gasteiger charge is -2.43. The molecule has 0 aromatic heterocycles. The van der Waals surface area contributed by atoms with E-state index >= 15 is 0 Å². The number of aliphatic imine (C=N–C) groups is 1. The van der Waals surface area contributed by atoms with Gasteiger partial charge in [0.15, 0.2) is 5.96 Å². The van der Waals surface area contributed by atoms with Crippen LogP contribution in [0.5, 0.6) is 0 Å². The highest BCUT2D eigenvalue weighted by Crippen LogP contribution is 2.41. The SMILES string of the molecule is CCC(C)C(C)(C)C(C)(C)N=C(N)N. The molecule has 1 atom stereocenters. The van der Waals surface area contributed by atoms with Crippen molar-refractivity contribution in [1.29, 1.82) is 0 Å². The van der Waals surface area contributed by atoms with E-state index in [1.54, 1.807) is 0 Å². The summed E-state index contributed by atoms with van der Waals surface area (Å²) in [6, 6.07) is 0. The highest BCUT2D eigenvalue weighted by atomic mass is 15.0. The van der Waals surface area contributed by atoms with Gasteiger partial charge in [-0.3, -0.25) is 0 Å². The van der Waals surface area contributed by atoms with Crippen molar-refractivity contribution in [2.45, 2.75) is 53.5 Å². The Morgan fingerprint density at radius 1 is 1.21 bits per heavy atom. The van der Waals surface area contributed by atoms with Crippen LogP contribution in [0.25, 0.3) is 0 Å². The minimum atomic E-state index is -0.221. The Hall–Kier alpha value is -0.730. The molecule has 4 N–H and O–H groups in total. The molecule has 0 radical (unpaired) electrons. The molecule has 0 saturated carbocycles. The highest BCUT2D eigenvalue weighted by Gasteiger charge is 2.40. The van der Waals surface area contributed by atoms with Crippen LogP contribution in [0.2, 0.25) is 0 Å². The van der Waals surface area contributed by atoms with Gasteiger partial charge in [-0.15, -0.1) is 0 Å². The van der Waals surface area contributed by atoms with Gasteiger partial charge >= 0.3 is 0 Å². The van der Waals surface area contributed by atoms with E-state index < -0.39 is 0 Å². The molecule has 0 aliphatic rings. The van der Waals surface area contributed by atoms with E-state index in [9.17, 15) is 0 Å². The van der Waals surface area contributed by atoms with Crippen LogP contribution in [0.1, 0.15) is 48.0 Å². The maximum Gasteiger partial charge on any atom is 0.186 e. The first-order chi connectivity index (χ1) is 6.15. The molecule has 0 amide bonds. The van der Waals surface area contributed by atoms with Crippen LogP contribution < -0.4 is 11.5 Å². The Bertz CT molecular complexity index is 213. The highest BCUT2D eigenvalue weighted by molar-refractivity contribution is 5.76. The van der Waals surface area contributed by atoms with Crippen LogP contribution in [0.4, 0.5) is 0 Å². The van der Waals surface area contributed by atoms with Gasteiger partial charge in [-0.25, -0.2) is 4.99 Å². The van der Waals surface area contributed by atoms with Gasteiger partial charge in [0.2, 0.25) is 0 Å². The van der Waals surface area contributed by atoms with E-state index in [2.05, 4.69) is 46.5 Å². The molecule has 3 nitrogen and oxygen atoms in total. The normalized spacial score (nSPS) is 15.0. The minimum Gasteiger partial charge on any atom is -0.370 e. The van der Waals surface area contributed by atoms with E-state index in [0.717, 1.165) is 6.42 Å². The summed E-state index contributed by atoms with van der Waals surface area (Å²) in [5.74, 6) is 0.756. The van der Waals surface area contributed by atoms with Gasteiger partial charge in [0.05, 0.1) is 5.54 Å². The number of guanidine groups is 1. The van der Waals surface area contributed by atoms with Gasteiger partial charge in [-0.1, -0.05) is 34.1 Å². The lowest BCUT2D eigenvalue weighted by Crippen LogP contribution is -2.44. The monoisotopic (exact) mass is 199 g/mol. The smallest absolute Gasteiger partial charge is 0.186 e. The Balaban J connectivity index is 4.96. The first kappa shape index (κ1) is 13.3. The fraction of sp³-hybridized carbons (Fsp3) is 0.909. The van der Waals surface area contributed by atoms with E-state index in [-0.39, 0.29) is 16.9 Å². The molecule has 0 fully saturated rings. The van der Waals surface area contributed by atoms with Crippen molar-refractivity contribution in [2.75, 3.05) is 0 Å². The molecule has 0 aliphatic heterocycles. The number of rotatable bonds is 4. The quantitative estimate of drug-likeness (QED) is 0.538. The van der Waals surface area contributed by atoms with Gasteiger partial charge in [-0.2, -0.15) is 0 Å². The van der Waals surface area contributed by atoms with Crippen molar-refractivity contribution in [3.05, 3.63) is 0 Å². The lowest BCUT2D eigenvalue weighted by molar-refractivity contribution is 0.118. The van der Waals surface area contributed by atoms with Crippen molar-refractivity contribution >= 4 is 5.96 Å². The van der Waals surface area contributed by atoms with E-state index in [1.165, 1.54) is 0 Å². The Kier molecular flexibility index (Phi) is 3.98. The van der Waals surface area contributed by atoms with Gasteiger partial charge in [-0.05, 0) is 25.2 Å². The van der Waals surface area contributed by atoms with Crippen molar-refractivity contribution in [3.63, 3.8) is 0 Å². The third-order valence-electron chi connectivity index (χ3n) is 3.83. The summed E-state index contributed by atoms with van der Waals surface area (Å²) in [4.78, 5) is 4.32. The summed E-state index contributed by atoms with van der Waals surface area (Å²) in [5.41, 5.74) is 10.8. The second-order valence-electron chi connectivity index (χ2n) is 5.13. The molecule has 0 aromatic carbocycles. The maximum absolute atomic E-state index is 5.44. The zero-order chi connectivity index (χ0) is 11.6. The number of nitrogens with two attached hydrogens (primary N) is 2. The number of hydrogen-bond donors (Lipinski definition) is 2. The maximum atomic E-state index is 5.44. The van der Waals surface area contributed by atoms with Gasteiger partial charge in [0.1, 0.15) is 0 Å². The molecule has 0 bridgehead atoms. The largest absolute Gasteiger partial charge is 0.370 e. The molecule has 84 valence electrons. The molecule has 0 saturated heterocycles. The molecule has 0 aliphatic carbocycles. The van der Waals surface area contributed by atoms with Crippen molar-refractivity contribution < 1.29 is 0 Å². The number of hydrogen-bond acceptors (Lipinski definition) is 1. The van der Waals surface area contributed by atoms with Gasteiger partial charge in [0.25, 0.3) is 0 Å². The third-order valence-corrected chi connectivity index (χ3v) is 3.83. The predicted octanol–water partition coefficient (Wildman–Crippen LogP) is 2.11. The summed E-state index contributed by atoms with van der Waals surface area (Å²) in [6.45, 7) is 13.0. The van der Waals surface area contributed by atoms with Crippen molar-refractivity contribution in [3.8, 4) is 0 Å². The fourth-order valence-electron chi connectivity index (χ4n) is 1.58. The second kappa shape index (κ2) is 4.20. The molecule has 0 heterocycles. The topological polar surface area (TPSA) is 64.4 Å². The molecule has 14 heavy (non-hydrogen) atoms. The lowest BCUT2D eigenvalue weighted by atomic mass is 9.66. The molecule has 0 spiro atoms. The third kappa shape index (κ3) is 2.63.